The second-order valence-corrected chi connectivity index (χ2v) is 6.75. The molecular weight excluding hydrogens is 359 g/mol. The molecule has 0 fully saturated rings. The highest BCUT2D eigenvalue weighted by Crippen LogP contribution is 2.23. The van der Waals surface area contributed by atoms with E-state index >= 15 is 0 Å². The molecule has 0 aliphatic heterocycles. The maximum atomic E-state index is 13.9. The van der Waals surface area contributed by atoms with E-state index in [4.69, 9.17) is 9.15 Å². The Balaban J connectivity index is 1.59. The molecule has 6 heteroatoms. The zero-order valence-corrected chi connectivity index (χ0v) is 16.4. The number of furan rings is 1. The number of para-hydroxylation sites is 1. The number of nitrogens with zero attached hydrogens (tertiary/aromatic N) is 1. The van der Waals surface area contributed by atoms with Crippen LogP contribution >= 0.6 is 0 Å². The molecule has 0 saturated carbocycles. The monoisotopic (exact) mass is 384 g/mol. The number of hydrogen-bond donors (Lipinski definition) is 1. The van der Waals surface area contributed by atoms with E-state index in [-0.39, 0.29) is 24.2 Å². The average Bonchev–Trinajstić information content (AvgIpc) is 3.12. The number of benzene rings is 2. The molecule has 3 aromatic rings. The smallest absolute Gasteiger partial charge is 0.234 e. The highest BCUT2D eigenvalue weighted by Gasteiger charge is 2.16. The fourth-order valence-corrected chi connectivity index (χ4v) is 3.12. The van der Waals surface area contributed by atoms with E-state index in [9.17, 15) is 9.18 Å². The molecular formula is C22H25FN2O3. The summed E-state index contributed by atoms with van der Waals surface area (Å²) in [4.78, 5) is 14.4. The van der Waals surface area contributed by atoms with Gasteiger partial charge >= 0.3 is 0 Å². The van der Waals surface area contributed by atoms with Crippen LogP contribution in [0.1, 0.15) is 31.2 Å². The number of nitrogens with one attached hydrogen (secondary N) is 1. The fourth-order valence-electron chi connectivity index (χ4n) is 3.12. The average molecular weight is 384 g/mol. The van der Waals surface area contributed by atoms with Gasteiger partial charge < -0.3 is 14.5 Å². The van der Waals surface area contributed by atoms with Gasteiger partial charge in [0.05, 0.1) is 19.7 Å². The first-order chi connectivity index (χ1) is 13.5. The van der Waals surface area contributed by atoms with Crippen LogP contribution in [0.2, 0.25) is 0 Å². The van der Waals surface area contributed by atoms with Crippen molar-refractivity contribution < 1.29 is 18.3 Å². The maximum Gasteiger partial charge on any atom is 0.234 e. The lowest BCUT2D eigenvalue weighted by molar-refractivity contribution is -0.123. The number of carbonyl (C=O) groups is 1. The summed E-state index contributed by atoms with van der Waals surface area (Å²) in [6.07, 6.45) is 0. The fraction of sp³-hybridized carbons (Fsp3) is 0.318. The highest BCUT2D eigenvalue weighted by molar-refractivity contribution is 5.80. The van der Waals surface area contributed by atoms with Gasteiger partial charge in [-0.2, -0.15) is 0 Å². The van der Waals surface area contributed by atoms with Crippen LogP contribution in [0.4, 0.5) is 4.39 Å². The number of ether oxygens (including phenoxy) is 1. The molecule has 1 amide bonds. The van der Waals surface area contributed by atoms with Gasteiger partial charge in [-0.05, 0) is 43.3 Å². The van der Waals surface area contributed by atoms with Crippen molar-refractivity contribution in [3.05, 3.63) is 65.7 Å². The molecule has 1 atom stereocenters. The molecule has 0 spiro atoms. The summed E-state index contributed by atoms with van der Waals surface area (Å²) in [6, 6.07) is 14.3. The van der Waals surface area contributed by atoms with Crippen LogP contribution in [0, 0.1) is 5.82 Å². The second kappa shape index (κ2) is 8.89. The molecule has 0 saturated heterocycles. The van der Waals surface area contributed by atoms with Gasteiger partial charge in [0.1, 0.15) is 11.3 Å². The molecule has 0 unspecified atom stereocenters. The Morgan fingerprint density at radius 1 is 1.25 bits per heavy atom. The third-order valence-electron chi connectivity index (χ3n) is 4.69. The van der Waals surface area contributed by atoms with Crippen molar-refractivity contribution in [3.8, 4) is 5.75 Å². The first kappa shape index (κ1) is 19.9. The summed E-state index contributed by atoms with van der Waals surface area (Å²) in [5, 5.41) is 3.98. The number of methoxy groups -OCH3 is 1. The number of hydrogen-bond acceptors (Lipinski definition) is 4. The Morgan fingerprint density at radius 3 is 2.71 bits per heavy atom. The van der Waals surface area contributed by atoms with E-state index in [0.29, 0.717) is 13.1 Å². The Hall–Kier alpha value is -2.86. The first-order valence-electron chi connectivity index (χ1n) is 9.32. The van der Waals surface area contributed by atoms with Crippen molar-refractivity contribution in [2.24, 2.45) is 0 Å². The molecule has 148 valence electrons. The van der Waals surface area contributed by atoms with E-state index in [1.165, 1.54) is 13.2 Å². The summed E-state index contributed by atoms with van der Waals surface area (Å²) in [7, 11) is 1.43. The Labute approximate surface area is 164 Å². The Morgan fingerprint density at radius 2 is 2.04 bits per heavy atom. The van der Waals surface area contributed by atoms with Gasteiger partial charge in [0.15, 0.2) is 11.6 Å². The van der Waals surface area contributed by atoms with Crippen LogP contribution < -0.4 is 10.1 Å². The minimum Gasteiger partial charge on any atom is -0.494 e. The number of amides is 1. The minimum atomic E-state index is -0.404. The molecule has 0 radical (unpaired) electrons. The van der Waals surface area contributed by atoms with Crippen LogP contribution in [0.5, 0.6) is 5.75 Å². The standard InChI is InChI=1S/C22H25FN2O3/c1-4-25(13-16-9-10-20(27-3)18(23)11-16)14-22(26)24-15(2)21-12-17-7-5-6-8-19(17)28-21/h5-12,15H,4,13-14H2,1-3H3,(H,24,26)/t15-/m1/s1. The van der Waals surface area contributed by atoms with Crippen molar-refractivity contribution in [2.45, 2.75) is 26.4 Å². The molecule has 2 aromatic carbocycles. The summed E-state index contributed by atoms with van der Waals surface area (Å²) in [6.45, 7) is 5.22. The van der Waals surface area contributed by atoms with Gasteiger partial charge in [-0.3, -0.25) is 9.69 Å². The molecule has 0 aliphatic rings. The largest absolute Gasteiger partial charge is 0.494 e. The van der Waals surface area contributed by atoms with Gasteiger partial charge in [-0.25, -0.2) is 4.39 Å². The number of rotatable bonds is 8. The molecule has 5 nitrogen and oxygen atoms in total. The zero-order valence-electron chi connectivity index (χ0n) is 16.4. The lowest BCUT2D eigenvalue weighted by Crippen LogP contribution is -2.37. The highest BCUT2D eigenvalue weighted by atomic mass is 19.1. The number of likely N-dealkylation sites (N-methyl/N-ethyl adjacent to an activating group) is 1. The summed E-state index contributed by atoms with van der Waals surface area (Å²) < 4.78 is 24.6. The van der Waals surface area contributed by atoms with Gasteiger partial charge in [-0.1, -0.05) is 31.2 Å². The van der Waals surface area contributed by atoms with Crippen molar-refractivity contribution >= 4 is 16.9 Å². The zero-order chi connectivity index (χ0) is 20.1. The van der Waals surface area contributed by atoms with E-state index < -0.39 is 5.82 Å². The molecule has 1 heterocycles. The third kappa shape index (κ3) is 4.70. The molecule has 0 bridgehead atoms. The van der Waals surface area contributed by atoms with Crippen molar-refractivity contribution in [3.63, 3.8) is 0 Å². The summed E-state index contributed by atoms with van der Waals surface area (Å²) in [5.41, 5.74) is 1.59. The van der Waals surface area contributed by atoms with Crippen LogP contribution in [-0.4, -0.2) is 31.0 Å². The quantitative estimate of drug-likeness (QED) is 0.630. The van der Waals surface area contributed by atoms with E-state index in [2.05, 4.69) is 5.32 Å². The first-order valence-corrected chi connectivity index (χ1v) is 9.32. The number of carbonyl (C=O) groups excluding carboxylic acids is 1. The molecule has 0 aliphatic carbocycles. The van der Waals surface area contributed by atoms with Crippen LogP contribution in [0.25, 0.3) is 11.0 Å². The SMILES string of the molecule is CCN(CC(=O)N[C@H](C)c1cc2ccccc2o1)Cc1ccc(OC)c(F)c1. The van der Waals surface area contributed by atoms with Crippen LogP contribution in [0.15, 0.2) is 52.9 Å². The van der Waals surface area contributed by atoms with Gasteiger partial charge in [0.25, 0.3) is 0 Å². The Kier molecular flexibility index (Phi) is 6.31. The van der Waals surface area contributed by atoms with Crippen molar-refractivity contribution in [2.75, 3.05) is 20.2 Å². The predicted octanol–water partition coefficient (Wildman–Crippen LogP) is 4.28. The Bertz CT molecular complexity index is 921. The minimum absolute atomic E-state index is 0.108. The van der Waals surface area contributed by atoms with Crippen LogP contribution in [-0.2, 0) is 11.3 Å². The molecule has 1 aromatic heterocycles. The van der Waals surface area contributed by atoms with E-state index in [0.717, 1.165) is 22.3 Å². The summed E-state index contributed by atoms with van der Waals surface area (Å²) >= 11 is 0. The normalized spacial score (nSPS) is 12.3. The number of fused-ring (bicyclic) bond motifs is 1. The van der Waals surface area contributed by atoms with E-state index in [1.54, 1.807) is 12.1 Å². The second-order valence-electron chi connectivity index (χ2n) is 6.75. The van der Waals surface area contributed by atoms with Gasteiger partial charge in [-0.15, -0.1) is 0 Å². The van der Waals surface area contributed by atoms with Crippen molar-refractivity contribution in [1.29, 1.82) is 0 Å². The van der Waals surface area contributed by atoms with Crippen molar-refractivity contribution in [1.82, 2.24) is 10.2 Å². The number of halogens is 1. The third-order valence-corrected chi connectivity index (χ3v) is 4.69. The predicted molar refractivity (Wildman–Crippen MR) is 107 cm³/mol. The maximum absolute atomic E-state index is 13.9. The van der Waals surface area contributed by atoms with Gasteiger partial charge in [0, 0.05) is 11.9 Å². The molecule has 28 heavy (non-hydrogen) atoms. The topological polar surface area (TPSA) is 54.7 Å². The lowest BCUT2D eigenvalue weighted by atomic mass is 10.2. The summed E-state index contributed by atoms with van der Waals surface area (Å²) in [5.74, 6) is 0.418. The van der Waals surface area contributed by atoms with Crippen LogP contribution in [0.3, 0.4) is 0 Å². The van der Waals surface area contributed by atoms with Gasteiger partial charge in [0.2, 0.25) is 5.91 Å². The van der Waals surface area contributed by atoms with E-state index in [1.807, 2.05) is 49.1 Å². The lowest BCUT2D eigenvalue weighted by Gasteiger charge is -2.21. The molecule has 1 N–H and O–H groups in total. The molecule has 3 rings (SSSR count).